The fourth-order valence-corrected chi connectivity index (χ4v) is 2.36. The lowest BCUT2D eigenvalue weighted by atomic mass is 9.77. The van der Waals surface area contributed by atoms with Gasteiger partial charge in [0, 0.05) is 16.1 Å². The van der Waals surface area contributed by atoms with Gasteiger partial charge in [-0.2, -0.15) is 0 Å². The van der Waals surface area contributed by atoms with Gasteiger partial charge in [0.2, 0.25) is 0 Å². The predicted octanol–water partition coefficient (Wildman–Crippen LogP) is 3.79. The molecule has 0 aliphatic heterocycles. The topological polar surface area (TPSA) is 26.0 Å². The van der Waals surface area contributed by atoms with E-state index in [4.69, 9.17) is 28.9 Å². The Bertz CT molecular complexity index is 334. The lowest BCUT2D eigenvalue weighted by Crippen LogP contribution is -2.27. The van der Waals surface area contributed by atoms with Crippen LogP contribution in [0, 0.1) is 5.92 Å². The number of rotatable bonds is 2. The fraction of sp³-hybridized carbons (Fsp3) is 0.455. The van der Waals surface area contributed by atoms with Gasteiger partial charge in [0.05, 0.1) is 0 Å². The first-order valence-corrected chi connectivity index (χ1v) is 5.64. The van der Waals surface area contributed by atoms with Gasteiger partial charge in [-0.15, -0.1) is 0 Å². The minimum atomic E-state index is 0.0773. The highest BCUT2D eigenvalue weighted by molar-refractivity contribution is 6.35. The first-order chi connectivity index (χ1) is 6.68. The fourth-order valence-electron chi connectivity index (χ4n) is 1.82. The van der Waals surface area contributed by atoms with Crippen molar-refractivity contribution < 1.29 is 0 Å². The molecule has 0 bridgehead atoms. The van der Waals surface area contributed by atoms with Crippen LogP contribution in [0.3, 0.4) is 0 Å². The Kier molecular flexibility index (Phi) is 3.01. The Balaban J connectivity index is 2.22. The molecule has 76 valence electrons. The third-order valence-corrected chi connectivity index (χ3v) is 3.54. The molecule has 1 atom stereocenters. The zero-order valence-corrected chi connectivity index (χ0v) is 9.35. The van der Waals surface area contributed by atoms with Gasteiger partial charge in [0.25, 0.3) is 0 Å². The van der Waals surface area contributed by atoms with E-state index < -0.39 is 0 Å². The molecule has 1 fully saturated rings. The lowest BCUT2D eigenvalue weighted by Gasteiger charge is -2.31. The Morgan fingerprint density at radius 1 is 1.29 bits per heavy atom. The summed E-state index contributed by atoms with van der Waals surface area (Å²) < 4.78 is 0. The maximum Gasteiger partial charge on any atom is 0.0468 e. The van der Waals surface area contributed by atoms with Crippen molar-refractivity contribution in [2.45, 2.75) is 25.3 Å². The van der Waals surface area contributed by atoms with E-state index in [1.807, 2.05) is 12.1 Å². The van der Waals surface area contributed by atoms with Crippen molar-refractivity contribution >= 4 is 23.2 Å². The SMILES string of the molecule is N[C@H](c1ccc(Cl)cc1Cl)C1CCC1. The largest absolute Gasteiger partial charge is 0.324 e. The minimum absolute atomic E-state index is 0.0773. The van der Waals surface area contributed by atoms with Crippen molar-refractivity contribution in [2.24, 2.45) is 11.7 Å². The van der Waals surface area contributed by atoms with Crippen molar-refractivity contribution in [1.29, 1.82) is 0 Å². The second-order valence-electron chi connectivity index (χ2n) is 3.88. The molecule has 1 aromatic rings. The number of benzene rings is 1. The molecular weight excluding hydrogens is 217 g/mol. The quantitative estimate of drug-likeness (QED) is 0.821. The highest BCUT2D eigenvalue weighted by atomic mass is 35.5. The second-order valence-corrected chi connectivity index (χ2v) is 4.73. The number of hydrogen-bond donors (Lipinski definition) is 1. The maximum absolute atomic E-state index is 6.12. The standard InChI is InChI=1S/C11H13Cl2N/c12-8-4-5-9(10(13)6-8)11(14)7-2-1-3-7/h4-7,11H,1-3,14H2/t11-/m0/s1. The highest BCUT2D eigenvalue weighted by Gasteiger charge is 2.26. The summed E-state index contributed by atoms with van der Waals surface area (Å²) in [5.74, 6) is 0.605. The summed E-state index contributed by atoms with van der Waals surface area (Å²) in [7, 11) is 0. The molecule has 1 aliphatic carbocycles. The summed E-state index contributed by atoms with van der Waals surface area (Å²) in [5, 5.41) is 1.36. The van der Waals surface area contributed by atoms with Crippen LogP contribution in [-0.2, 0) is 0 Å². The van der Waals surface area contributed by atoms with E-state index in [1.54, 1.807) is 6.07 Å². The maximum atomic E-state index is 6.12. The average molecular weight is 230 g/mol. The molecule has 0 amide bonds. The summed E-state index contributed by atoms with van der Waals surface area (Å²) in [6.45, 7) is 0. The zero-order chi connectivity index (χ0) is 10.1. The summed E-state index contributed by atoms with van der Waals surface area (Å²) in [5.41, 5.74) is 7.15. The smallest absolute Gasteiger partial charge is 0.0468 e. The molecule has 0 aromatic heterocycles. The molecule has 14 heavy (non-hydrogen) atoms. The van der Waals surface area contributed by atoms with Crippen LogP contribution >= 0.6 is 23.2 Å². The molecule has 2 rings (SSSR count). The first kappa shape index (κ1) is 10.3. The van der Waals surface area contributed by atoms with Gasteiger partial charge in [0.1, 0.15) is 0 Å². The van der Waals surface area contributed by atoms with E-state index in [0.29, 0.717) is 16.0 Å². The molecule has 0 heterocycles. The molecule has 1 nitrogen and oxygen atoms in total. The molecule has 0 spiro atoms. The third-order valence-electron chi connectivity index (χ3n) is 2.98. The molecule has 1 saturated carbocycles. The van der Waals surface area contributed by atoms with Crippen LogP contribution < -0.4 is 5.73 Å². The van der Waals surface area contributed by atoms with E-state index in [1.165, 1.54) is 19.3 Å². The minimum Gasteiger partial charge on any atom is -0.324 e. The molecule has 3 heteroatoms. The van der Waals surface area contributed by atoms with Gasteiger partial charge < -0.3 is 5.73 Å². The predicted molar refractivity (Wildman–Crippen MR) is 60.7 cm³/mol. The Hall–Kier alpha value is -0.240. The zero-order valence-electron chi connectivity index (χ0n) is 7.84. The van der Waals surface area contributed by atoms with Crippen molar-refractivity contribution in [3.8, 4) is 0 Å². The van der Waals surface area contributed by atoms with Crippen LogP contribution in [-0.4, -0.2) is 0 Å². The molecule has 0 saturated heterocycles. The van der Waals surface area contributed by atoms with Gasteiger partial charge in [-0.3, -0.25) is 0 Å². The van der Waals surface area contributed by atoms with Crippen LogP contribution in [0.4, 0.5) is 0 Å². The van der Waals surface area contributed by atoms with E-state index in [9.17, 15) is 0 Å². The molecule has 1 aliphatic rings. The second kappa shape index (κ2) is 4.09. The Labute approximate surface area is 94.2 Å². The van der Waals surface area contributed by atoms with Gasteiger partial charge >= 0.3 is 0 Å². The van der Waals surface area contributed by atoms with E-state index in [2.05, 4.69) is 0 Å². The summed E-state index contributed by atoms with van der Waals surface area (Å²) >= 11 is 11.9. The molecular formula is C11H13Cl2N. The molecule has 1 aromatic carbocycles. The monoisotopic (exact) mass is 229 g/mol. The molecule has 0 radical (unpaired) electrons. The number of hydrogen-bond acceptors (Lipinski definition) is 1. The molecule has 2 N–H and O–H groups in total. The summed E-state index contributed by atoms with van der Waals surface area (Å²) in [6.07, 6.45) is 3.74. The van der Waals surface area contributed by atoms with Crippen LogP contribution in [0.15, 0.2) is 18.2 Å². The van der Waals surface area contributed by atoms with Crippen molar-refractivity contribution in [2.75, 3.05) is 0 Å². The van der Waals surface area contributed by atoms with Crippen molar-refractivity contribution in [3.05, 3.63) is 33.8 Å². The third kappa shape index (κ3) is 1.90. The lowest BCUT2D eigenvalue weighted by molar-refractivity contribution is 0.264. The van der Waals surface area contributed by atoms with Crippen LogP contribution in [0.5, 0.6) is 0 Å². The number of halogens is 2. The van der Waals surface area contributed by atoms with Crippen molar-refractivity contribution in [3.63, 3.8) is 0 Å². The van der Waals surface area contributed by atoms with Gasteiger partial charge in [0.15, 0.2) is 0 Å². The normalized spacial score (nSPS) is 19.1. The van der Waals surface area contributed by atoms with E-state index >= 15 is 0 Å². The average Bonchev–Trinajstić information content (AvgIpc) is 2.00. The summed E-state index contributed by atoms with van der Waals surface area (Å²) in [6, 6.07) is 5.62. The Morgan fingerprint density at radius 2 is 2.00 bits per heavy atom. The highest BCUT2D eigenvalue weighted by Crippen LogP contribution is 2.38. The summed E-state index contributed by atoms with van der Waals surface area (Å²) in [4.78, 5) is 0. The van der Waals surface area contributed by atoms with Gasteiger partial charge in [-0.1, -0.05) is 35.7 Å². The Morgan fingerprint density at radius 3 is 2.50 bits per heavy atom. The molecule has 0 unspecified atom stereocenters. The van der Waals surface area contributed by atoms with Crippen LogP contribution in [0.1, 0.15) is 30.9 Å². The number of nitrogens with two attached hydrogens (primary N) is 1. The van der Waals surface area contributed by atoms with E-state index in [-0.39, 0.29) is 6.04 Å². The van der Waals surface area contributed by atoms with E-state index in [0.717, 1.165) is 5.56 Å². The van der Waals surface area contributed by atoms with Gasteiger partial charge in [-0.25, -0.2) is 0 Å². The van der Waals surface area contributed by atoms with Crippen LogP contribution in [0.2, 0.25) is 10.0 Å². The van der Waals surface area contributed by atoms with Crippen LogP contribution in [0.25, 0.3) is 0 Å². The van der Waals surface area contributed by atoms with Gasteiger partial charge in [-0.05, 0) is 36.5 Å². The van der Waals surface area contributed by atoms with Crippen molar-refractivity contribution in [1.82, 2.24) is 0 Å². The first-order valence-electron chi connectivity index (χ1n) is 4.89.